The molecule has 2 heterocycles. The number of urea groups is 1. The molecule has 2 aliphatic rings. The van der Waals surface area contributed by atoms with Gasteiger partial charge in [-0.1, -0.05) is 5.92 Å². The molecule has 0 bridgehead atoms. The Bertz CT molecular complexity index is 470. The van der Waals surface area contributed by atoms with Gasteiger partial charge in [-0.3, -0.25) is 15.0 Å². The lowest BCUT2D eigenvalue weighted by Crippen LogP contribution is -2.59. The van der Waals surface area contributed by atoms with Gasteiger partial charge in [-0.2, -0.15) is 0 Å². The van der Waals surface area contributed by atoms with Crippen molar-refractivity contribution in [3.8, 4) is 11.8 Å². The first-order valence-corrected chi connectivity index (χ1v) is 6.15. The molecule has 2 aliphatic heterocycles. The number of carbonyl (C=O) groups excluding carboxylic acids is 2. The van der Waals surface area contributed by atoms with Crippen molar-refractivity contribution in [2.24, 2.45) is 5.92 Å². The van der Waals surface area contributed by atoms with Crippen molar-refractivity contribution in [2.45, 2.75) is 31.5 Å². The van der Waals surface area contributed by atoms with Crippen LogP contribution >= 0.6 is 0 Å². The van der Waals surface area contributed by atoms with Crippen LogP contribution in [0.15, 0.2) is 0 Å². The van der Waals surface area contributed by atoms with Gasteiger partial charge in [0, 0.05) is 6.54 Å². The van der Waals surface area contributed by atoms with E-state index in [9.17, 15) is 19.8 Å². The largest absolute Gasteiger partial charge is 0.394 e. The number of nitrogens with one attached hydrogen (secondary N) is 1. The fourth-order valence-corrected chi connectivity index (χ4v) is 2.27. The molecule has 5 atom stereocenters. The predicted octanol–water partition coefficient (Wildman–Crippen LogP) is -2.38. The Kier molecular flexibility index (Phi) is 4.25. The summed E-state index contributed by atoms with van der Waals surface area (Å²) in [5, 5.41) is 30.7. The van der Waals surface area contributed by atoms with Crippen LogP contribution in [0, 0.1) is 17.8 Å². The van der Waals surface area contributed by atoms with Gasteiger partial charge >= 0.3 is 6.03 Å². The highest BCUT2D eigenvalue weighted by Gasteiger charge is 2.48. The summed E-state index contributed by atoms with van der Waals surface area (Å²) in [6.45, 7) is 1.04. The van der Waals surface area contributed by atoms with Crippen LogP contribution in [0.3, 0.4) is 0 Å². The summed E-state index contributed by atoms with van der Waals surface area (Å²) < 4.78 is 5.26. The van der Waals surface area contributed by atoms with E-state index in [0.29, 0.717) is 0 Å². The Morgan fingerprint density at radius 1 is 1.40 bits per heavy atom. The predicted molar refractivity (Wildman–Crippen MR) is 64.9 cm³/mol. The van der Waals surface area contributed by atoms with Gasteiger partial charge in [0.1, 0.15) is 24.2 Å². The zero-order chi connectivity index (χ0) is 14.9. The Morgan fingerprint density at radius 2 is 2.10 bits per heavy atom. The molecule has 0 aliphatic carbocycles. The Balaban J connectivity index is 2.16. The van der Waals surface area contributed by atoms with Crippen molar-refractivity contribution in [3.63, 3.8) is 0 Å². The van der Waals surface area contributed by atoms with Crippen molar-refractivity contribution in [1.82, 2.24) is 10.2 Å². The van der Waals surface area contributed by atoms with Crippen molar-refractivity contribution in [2.75, 3.05) is 13.2 Å². The smallest absolute Gasteiger partial charge is 0.326 e. The second-order valence-corrected chi connectivity index (χ2v) is 4.62. The monoisotopic (exact) mass is 284 g/mol. The van der Waals surface area contributed by atoms with Gasteiger partial charge in [0.2, 0.25) is 5.91 Å². The van der Waals surface area contributed by atoms with Crippen LogP contribution in [0.1, 0.15) is 6.92 Å². The van der Waals surface area contributed by atoms with Crippen molar-refractivity contribution >= 4 is 11.9 Å². The van der Waals surface area contributed by atoms with E-state index in [4.69, 9.17) is 9.84 Å². The fourth-order valence-electron chi connectivity index (χ4n) is 2.27. The summed E-state index contributed by atoms with van der Waals surface area (Å²) in [4.78, 5) is 24.5. The number of carbonyl (C=O) groups is 2. The van der Waals surface area contributed by atoms with Crippen LogP contribution in [0.5, 0.6) is 0 Å². The molecule has 110 valence electrons. The Hall–Kier alpha value is -1.66. The molecule has 2 saturated heterocycles. The third-order valence-corrected chi connectivity index (χ3v) is 3.33. The number of hydrogen-bond donors (Lipinski definition) is 4. The van der Waals surface area contributed by atoms with Crippen LogP contribution in [-0.2, 0) is 9.53 Å². The van der Waals surface area contributed by atoms with Crippen LogP contribution in [0.4, 0.5) is 4.79 Å². The second-order valence-electron chi connectivity index (χ2n) is 4.62. The molecule has 20 heavy (non-hydrogen) atoms. The van der Waals surface area contributed by atoms with E-state index in [1.165, 1.54) is 0 Å². The minimum absolute atomic E-state index is 0.0435. The van der Waals surface area contributed by atoms with Crippen LogP contribution in [0.25, 0.3) is 0 Å². The van der Waals surface area contributed by atoms with Gasteiger partial charge in [0.25, 0.3) is 0 Å². The standard InChI is InChI=1S/C12H16N2O6/c1-2-3-6-4-14(12(19)13-10(6)18)11-9(17)8(16)7(5-15)20-11/h6-9,11,15-17H,4-5H2,1H3,(H,13,18,19). The van der Waals surface area contributed by atoms with Gasteiger partial charge in [-0.05, 0) is 6.92 Å². The average Bonchev–Trinajstić information content (AvgIpc) is 2.70. The lowest BCUT2D eigenvalue weighted by Gasteiger charge is -2.35. The lowest BCUT2D eigenvalue weighted by molar-refractivity contribution is -0.129. The van der Waals surface area contributed by atoms with Crippen LogP contribution in [-0.4, -0.2) is 69.8 Å². The molecule has 0 aromatic heterocycles. The van der Waals surface area contributed by atoms with E-state index >= 15 is 0 Å². The fraction of sp³-hybridized carbons (Fsp3) is 0.667. The zero-order valence-electron chi connectivity index (χ0n) is 10.8. The first-order valence-electron chi connectivity index (χ1n) is 6.15. The number of nitrogens with zero attached hydrogens (tertiary/aromatic N) is 1. The molecule has 4 N–H and O–H groups in total. The van der Waals surface area contributed by atoms with E-state index in [0.717, 1.165) is 4.90 Å². The summed E-state index contributed by atoms with van der Waals surface area (Å²) in [6.07, 6.45) is -4.76. The molecule has 8 nitrogen and oxygen atoms in total. The molecule has 2 rings (SSSR count). The van der Waals surface area contributed by atoms with Crippen molar-refractivity contribution in [1.29, 1.82) is 0 Å². The highest BCUT2D eigenvalue weighted by Crippen LogP contribution is 2.26. The maximum absolute atomic E-state index is 11.8. The number of ether oxygens (including phenoxy) is 1. The third-order valence-electron chi connectivity index (χ3n) is 3.33. The molecule has 2 fully saturated rings. The van der Waals surface area contributed by atoms with E-state index in [1.54, 1.807) is 6.92 Å². The normalized spacial score (nSPS) is 37.4. The van der Waals surface area contributed by atoms with E-state index in [2.05, 4.69) is 17.2 Å². The zero-order valence-corrected chi connectivity index (χ0v) is 10.8. The molecule has 8 heteroatoms. The molecule has 3 amide bonds. The highest BCUT2D eigenvalue weighted by atomic mass is 16.6. The van der Waals surface area contributed by atoms with Gasteiger partial charge < -0.3 is 20.1 Å². The lowest BCUT2D eigenvalue weighted by atomic mass is 10.1. The first kappa shape index (κ1) is 14.7. The van der Waals surface area contributed by atoms with Crippen LogP contribution in [0.2, 0.25) is 0 Å². The molecule has 0 aromatic carbocycles. The minimum Gasteiger partial charge on any atom is -0.394 e. The van der Waals surface area contributed by atoms with E-state index < -0.39 is 49.0 Å². The van der Waals surface area contributed by atoms with Gasteiger partial charge in [-0.15, -0.1) is 5.92 Å². The average molecular weight is 284 g/mol. The van der Waals surface area contributed by atoms with Crippen molar-refractivity contribution < 1.29 is 29.6 Å². The summed E-state index contributed by atoms with van der Waals surface area (Å²) in [5.41, 5.74) is 0. The SMILES string of the molecule is CC#CC1CN(C2OC(CO)C(O)C2O)C(=O)NC1=O. The van der Waals surface area contributed by atoms with Gasteiger partial charge in [-0.25, -0.2) is 4.79 Å². The maximum Gasteiger partial charge on any atom is 0.326 e. The van der Waals surface area contributed by atoms with Crippen LogP contribution < -0.4 is 5.32 Å². The molecule has 0 radical (unpaired) electrons. The number of rotatable bonds is 2. The Labute approximate surface area is 115 Å². The topological polar surface area (TPSA) is 119 Å². The molecule has 5 unspecified atom stereocenters. The molecule has 0 aromatic rings. The van der Waals surface area contributed by atoms with E-state index in [1.807, 2.05) is 0 Å². The van der Waals surface area contributed by atoms with E-state index in [-0.39, 0.29) is 6.54 Å². The summed E-state index contributed by atoms with van der Waals surface area (Å²) in [6, 6.07) is -0.723. The molecule has 0 saturated carbocycles. The number of amides is 3. The highest BCUT2D eigenvalue weighted by molar-refractivity contribution is 5.99. The second kappa shape index (κ2) is 5.76. The number of aliphatic hydroxyl groups is 3. The summed E-state index contributed by atoms with van der Waals surface area (Å²) in [5.74, 6) is 4.02. The summed E-state index contributed by atoms with van der Waals surface area (Å²) >= 11 is 0. The molecular formula is C12H16N2O6. The first-order chi connectivity index (χ1) is 9.49. The Morgan fingerprint density at radius 3 is 2.65 bits per heavy atom. The van der Waals surface area contributed by atoms with Crippen molar-refractivity contribution in [3.05, 3.63) is 0 Å². The number of imide groups is 1. The maximum atomic E-state index is 11.8. The third kappa shape index (κ3) is 2.48. The summed E-state index contributed by atoms with van der Waals surface area (Å²) in [7, 11) is 0. The van der Waals surface area contributed by atoms with Gasteiger partial charge in [0.05, 0.1) is 6.61 Å². The number of hydrogen-bond acceptors (Lipinski definition) is 6. The van der Waals surface area contributed by atoms with Gasteiger partial charge in [0.15, 0.2) is 6.23 Å². The molecular weight excluding hydrogens is 268 g/mol. The molecule has 0 spiro atoms. The minimum atomic E-state index is -1.36. The quantitative estimate of drug-likeness (QED) is 0.420. The number of aliphatic hydroxyl groups excluding tert-OH is 3.